The lowest BCUT2D eigenvalue weighted by atomic mass is 9.83. The number of aromatic hydroxyl groups is 1. The number of likely N-dealkylation sites (tertiary alicyclic amines) is 1. The Morgan fingerprint density at radius 2 is 1.82 bits per heavy atom. The quantitative estimate of drug-likeness (QED) is 0.564. The Morgan fingerprint density at radius 1 is 1.00 bits per heavy atom. The number of benzene rings is 1. The molecule has 8 heteroatoms. The number of hydrogen-bond donors (Lipinski definition) is 1. The highest BCUT2D eigenvalue weighted by Gasteiger charge is 2.34. The second kappa shape index (κ2) is 10.0. The third-order valence-corrected chi connectivity index (χ3v) is 8.46. The minimum absolute atomic E-state index is 0.0774. The van der Waals surface area contributed by atoms with Crippen molar-refractivity contribution in [3.63, 3.8) is 0 Å². The Bertz CT molecular complexity index is 1510. The Morgan fingerprint density at radius 3 is 2.58 bits per heavy atom. The normalized spacial score (nSPS) is 21.7. The minimum atomic E-state index is -0.346. The van der Waals surface area contributed by atoms with Crippen LogP contribution in [0.15, 0.2) is 64.2 Å². The summed E-state index contributed by atoms with van der Waals surface area (Å²) in [6, 6.07) is 13.7. The standard InChI is InChI=1S/C30H33FN4O3/c1-32-25(18-34-15-20-13-23(17-34)26-3-2-4-29(37)35(26)16-20)14-28(36)30(38)27(32)19-33-11-9-22(10-12-33)21-5-7-24(31)8-6-21/h2-9,14,20,23,38H,10-13,15-19H2,1H3/t20-,23+/m1/s1. The van der Waals surface area contributed by atoms with E-state index in [0.29, 0.717) is 37.2 Å². The van der Waals surface area contributed by atoms with E-state index >= 15 is 0 Å². The minimum Gasteiger partial charge on any atom is -0.503 e. The molecule has 0 spiro atoms. The average molecular weight is 517 g/mol. The molecule has 2 bridgehead atoms. The number of pyridine rings is 2. The van der Waals surface area contributed by atoms with Gasteiger partial charge in [-0.05, 0) is 48.1 Å². The average Bonchev–Trinajstić information content (AvgIpc) is 2.91. The predicted octanol–water partition coefficient (Wildman–Crippen LogP) is 3.30. The zero-order valence-corrected chi connectivity index (χ0v) is 21.6. The fourth-order valence-electron chi connectivity index (χ4n) is 6.47. The molecule has 1 saturated heterocycles. The maximum absolute atomic E-state index is 13.3. The summed E-state index contributed by atoms with van der Waals surface area (Å²) in [5.74, 6) is 0.287. The van der Waals surface area contributed by atoms with Crippen molar-refractivity contribution in [3.8, 4) is 5.75 Å². The molecule has 2 aromatic heterocycles. The number of hydrogen-bond acceptors (Lipinski definition) is 5. The lowest BCUT2D eigenvalue weighted by molar-refractivity contribution is 0.112. The van der Waals surface area contributed by atoms with Crippen molar-refractivity contribution in [2.45, 2.75) is 38.4 Å². The van der Waals surface area contributed by atoms with Crippen molar-refractivity contribution >= 4 is 5.57 Å². The van der Waals surface area contributed by atoms with Gasteiger partial charge >= 0.3 is 0 Å². The molecular formula is C30H33FN4O3. The summed E-state index contributed by atoms with van der Waals surface area (Å²) in [6.45, 7) is 5.04. The van der Waals surface area contributed by atoms with Gasteiger partial charge in [-0.1, -0.05) is 24.3 Å². The highest BCUT2D eigenvalue weighted by atomic mass is 19.1. The van der Waals surface area contributed by atoms with E-state index in [4.69, 9.17) is 0 Å². The number of rotatable bonds is 5. The molecule has 6 rings (SSSR count). The van der Waals surface area contributed by atoms with Crippen LogP contribution < -0.4 is 11.0 Å². The summed E-state index contributed by atoms with van der Waals surface area (Å²) in [6.07, 6.45) is 4.05. The Labute approximate surface area is 221 Å². The summed E-state index contributed by atoms with van der Waals surface area (Å²) in [5.41, 5.74) is 4.56. The van der Waals surface area contributed by atoms with Crippen LogP contribution in [0.5, 0.6) is 5.75 Å². The summed E-state index contributed by atoms with van der Waals surface area (Å²) in [4.78, 5) is 29.7. The third-order valence-electron chi connectivity index (χ3n) is 8.46. The van der Waals surface area contributed by atoms with E-state index in [1.54, 1.807) is 12.1 Å². The monoisotopic (exact) mass is 516 g/mol. The molecule has 0 unspecified atom stereocenters. The Hall–Kier alpha value is -3.49. The van der Waals surface area contributed by atoms with Crippen molar-refractivity contribution < 1.29 is 9.50 Å². The van der Waals surface area contributed by atoms with Gasteiger partial charge in [-0.15, -0.1) is 0 Å². The molecule has 0 radical (unpaired) electrons. The summed E-state index contributed by atoms with van der Waals surface area (Å²) in [7, 11) is 1.92. The molecule has 3 aromatic rings. The zero-order chi connectivity index (χ0) is 26.4. The van der Waals surface area contributed by atoms with Crippen LogP contribution in [0.2, 0.25) is 0 Å². The van der Waals surface area contributed by atoms with E-state index in [0.717, 1.165) is 56.0 Å². The van der Waals surface area contributed by atoms with Crippen LogP contribution in [0.25, 0.3) is 5.57 Å². The number of halogens is 1. The van der Waals surface area contributed by atoms with Crippen molar-refractivity contribution in [2.24, 2.45) is 13.0 Å². The molecule has 198 valence electrons. The first-order valence-corrected chi connectivity index (χ1v) is 13.4. The van der Waals surface area contributed by atoms with Crippen LogP contribution in [0, 0.1) is 11.7 Å². The zero-order valence-electron chi connectivity index (χ0n) is 21.6. The van der Waals surface area contributed by atoms with Crippen molar-refractivity contribution in [1.29, 1.82) is 0 Å². The molecule has 2 atom stereocenters. The van der Waals surface area contributed by atoms with Gasteiger partial charge in [0.05, 0.1) is 5.69 Å². The molecule has 3 aliphatic heterocycles. The van der Waals surface area contributed by atoms with Gasteiger partial charge in [-0.3, -0.25) is 19.4 Å². The van der Waals surface area contributed by atoms with Crippen molar-refractivity contribution in [1.82, 2.24) is 18.9 Å². The Balaban J connectivity index is 1.18. The predicted molar refractivity (Wildman–Crippen MR) is 144 cm³/mol. The van der Waals surface area contributed by atoms with E-state index in [-0.39, 0.29) is 22.6 Å². The molecule has 0 saturated carbocycles. The molecule has 1 N–H and O–H groups in total. The first-order chi connectivity index (χ1) is 18.4. The van der Waals surface area contributed by atoms with Crippen molar-refractivity contribution in [3.05, 3.63) is 104 Å². The van der Waals surface area contributed by atoms with Crippen LogP contribution >= 0.6 is 0 Å². The highest BCUT2D eigenvalue weighted by molar-refractivity contribution is 5.66. The SMILES string of the molecule is Cn1c(CN2C[C@H]3C[C@@H](C2)c2cccc(=O)n2C3)cc(=O)c(O)c1CN1CC=C(c2ccc(F)cc2)CC1. The number of piperidine rings is 1. The lowest BCUT2D eigenvalue weighted by Gasteiger charge is -2.43. The second-order valence-corrected chi connectivity index (χ2v) is 11.0. The van der Waals surface area contributed by atoms with Gasteiger partial charge in [0.1, 0.15) is 5.82 Å². The van der Waals surface area contributed by atoms with Gasteiger partial charge in [-0.2, -0.15) is 0 Å². The first-order valence-electron chi connectivity index (χ1n) is 13.4. The fourth-order valence-corrected chi connectivity index (χ4v) is 6.47. The van der Waals surface area contributed by atoms with Crippen LogP contribution in [0.1, 0.15) is 41.4 Å². The Kier molecular flexibility index (Phi) is 6.53. The van der Waals surface area contributed by atoms with Gasteiger partial charge < -0.3 is 14.2 Å². The van der Waals surface area contributed by atoms with Gasteiger partial charge in [0, 0.05) is 82.3 Å². The van der Waals surface area contributed by atoms with Crippen LogP contribution in [-0.2, 0) is 26.7 Å². The topological polar surface area (TPSA) is 70.7 Å². The summed E-state index contributed by atoms with van der Waals surface area (Å²) in [5, 5.41) is 10.7. The lowest BCUT2D eigenvalue weighted by Crippen LogP contribution is -2.47. The molecule has 0 aliphatic carbocycles. The number of aromatic nitrogens is 2. The molecule has 0 amide bonds. The summed E-state index contributed by atoms with van der Waals surface area (Å²) < 4.78 is 17.2. The maximum atomic E-state index is 13.3. The van der Waals surface area contributed by atoms with Crippen LogP contribution in [0.3, 0.4) is 0 Å². The van der Waals surface area contributed by atoms with Crippen LogP contribution in [0.4, 0.5) is 4.39 Å². The molecule has 5 heterocycles. The smallest absolute Gasteiger partial charge is 0.250 e. The van der Waals surface area contributed by atoms with E-state index in [2.05, 4.69) is 21.9 Å². The van der Waals surface area contributed by atoms with Crippen LogP contribution in [-0.4, -0.2) is 50.2 Å². The molecule has 1 aromatic carbocycles. The van der Waals surface area contributed by atoms with Gasteiger partial charge in [-0.25, -0.2) is 4.39 Å². The molecular weight excluding hydrogens is 483 g/mol. The third kappa shape index (κ3) is 4.74. The second-order valence-electron chi connectivity index (χ2n) is 11.0. The van der Waals surface area contributed by atoms with Crippen molar-refractivity contribution in [2.75, 3.05) is 26.2 Å². The van der Waals surface area contributed by atoms with E-state index < -0.39 is 0 Å². The largest absolute Gasteiger partial charge is 0.503 e. The highest BCUT2D eigenvalue weighted by Crippen LogP contribution is 2.35. The molecule has 1 fully saturated rings. The van der Waals surface area contributed by atoms with Gasteiger partial charge in [0.15, 0.2) is 5.75 Å². The maximum Gasteiger partial charge on any atom is 0.250 e. The summed E-state index contributed by atoms with van der Waals surface area (Å²) >= 11 is 0. The number of nitrogens with zero attached hydrogens (tertiary/aromatic N) is 4. The molecule has 3 aliphatic rings. The van der Waals surface area contributed by atoms with E-state index in [9.17, 15) is 19.1 Å². The van der Waals surface area contributed by atoms with E-state index in [1.807, 2.05) is 34.4 Å². The van der Waals surface area contributed by atoms with E-state index in [1.165, 1.54) is 17.7 Å². The first kappa shape index (κ1) is 24.8. The molecule has 7 nitrogen and oxygen atoms in total. The molecule has 38 heavy (non-hydrogen) atoms. The fraction of sp³-hybridized carbons (Fsp3) is 0.400. The van der Waals surface area contributed by atoms with Gasteiger partial charge in [0.25, 0.3) is 5.56 Å². The number of fused-ring (bicyclic) bond motifs is 4. The van der Waals surface area contributed by atoms with Gasteiger partial charge in [0.2, 0.25) is 5.43 Å².